The van der Waals surface area contributed by atoms with E-state index in [4.69, 9.17) is 4.74 Å². The number of carbonyl (C=O) groups is 1. The van der Waals surface area contributed by atoms with Crippen molar-refractivity contribution in [2.75, 3.05) is 0 Å². The van der Waals surface area contributed by atoms with Crippen LogP contribution in [-0.2, 0) is 0 Å². The monoisotopic (exact) mass is 234 g/mol. The molecule has 0 aliphatic heterocycles. The largest absolute Gasteiger partial charge is 0.441 e. The predicted octanol–water partition coefficient (Wildman–Crippen LogP) is 1.23. The molecule has 2 rings (SSSR count). The van der Waals surface area contributed by atoms with Crippen molar-refractivity contribution < 1.29 is 14.5 Å². The second kappa shape index (κ2) is 4.39. The van der Waals surface area contributed by atoms with Crippen LogP contribution in [0.25, 0.3) is 0 Å². The van der Waals surface area contributed by atoms with Crippen LogP contribution in [0.3, 0.4) is 0 Å². The van der Waals surface area contributed by atoms with Crippen molar-refractivity contribution in [2.45, 2.75) is 0 Å². The topological polar surface area (TPSA) is 100 Å². The standard InChI is InChI=1S/C9H6N4O4/c14-9(12-6-5-10-11-12)17-8-3-1-7(2-4-8)13(15)16/h1-6H. The lowest BCUT2D eigenvalue weighted by atomic mass is 10.3. The molecule has 0 saturated carbocycles. The molecule has 0 radical (unpaired) electrons. The van der Waals surface area contributed by atoms with Crippen LogP contribution in [-0.4, -0.2) is 26.0 Å². The van der Waals surface area contributed by atoms with Gasteiger partial charge in [0.25, 0.3) is 5.69 Å². The van der Waals surface area contributed by atoms with E-state index in [0.717, 1.165) is 4.68 Å². The van der Waals surface area contributed by atoms with E-state index in [1.54, 1.807) is 0 Å². The van der Waals surface area contributed by atoms with Gasteiger partial charge < -0.3 is 4.74 Å². The molecule has 0 bridgehead atoms. The molecule has 0 spiro atoms. The maximum absolute atomic E-state index is 11.4. The van der Waals surface area contributed by atoms with Crippen molar-refractivity contribution >= 4 is 11.8 Å². The van der Waals surface area contributed by atoms with Crippen LogP contribution in [0.5, 0.6) is 5.75 Å². The van der Waals surface area contributed by atoms with Gasteiger partial charge in [-0.15, -0.1) is 5.10 Å². The van der Waals surface area contributed by atoms with Crippen LogP contribution in [0.15, 0.2) is 36.7 Å². The second-order valence-electron chi connectivity index (χ2n) is 2.97. The Balaban J connectivity index is 2.09. The fourth-order valence-corrected chi connectivity index (χ4v) is 1.09. The number of non-ortho nitro benzene ring substituents is 1. The molecule has 0 amide bonds. The molecular formula is C9H6N4O4. The zero-order valence-corrected chi connectivity index (χ0v) is 8.39. The lowest BCUT2D eigenvalue weighted by molar-refractivity contribution is -0.384. The molecule has 1 aromatic heterocycles. The lowest BCUT2D eigenvalue weighted by Gasteiger charge is -2.02. The van der Waals surface area contributed by atoms with E-state index in [1.165, 1.54) is 36.7 Å². The summed E-state index contributed by atoms with van der Waals surface area (Å²) in [7, 11) is 0. The minimum atomic E-state index is -0.739. The number of hydrogen-bond donors (Lipinski definition) is 0. The van der Waals surface area contributed by atoms with Gasteiger partial charge in [0, 0.05) is 12.1 Å². The second-order valence-corrected chi connectivity index (χ2v) is 2.97. The van der Waals surface area contributed by atoms with Crippen molar-refractivity contribution in [3.8, 4) is 5.75 Å². The Morgan fingerprint density at radius 3 is 2.59 bits per heavy atom. The molecule has 1 heterocycles. The van der Waals surface area contributed by atoms with Gasteiger partial charge in [-0.2, -0.15) is 4.68 Å². The fraction of sp³-hybridized carbons (Fsp3) is 0. The first-order valence-electron chi connectivity index (χ1n) is 4.50. The summed E-state index contributed by atoms with van der Waals surface area (Å²) < 4.78 is 5.80. The molecule has 0 saturated heterocycles. The van der Waals surface area contributed by atoms with Gasteiger partial charge in [0.2, 0.25) is 0 Å². The maximum Gasteiger partial charge on any atom is 0.441 e. The molecule has 8 heteroatoms. The van der Waals surface area contributed by atoms with Crippen LogP contribution < -0.4 is 4.74 Å². The third kappa shape index (κ3) is 2.43. The summed E-state index contributed by atoms with van der Waals surface area (Å²) in [6.45, 7) is 0. The SMILES string of the molecule is O=C(Oc1ccc([N+](=O)[O-])cc1)n1ccnn1. The first kappa shape index (κ1) is 10.7. The Hall–Kier alpha value is -2.77. The number of hydrogen-bond acceptors (Lipinski definition) is 6. The van der Waals surface area contributed by atoms with Crippen LogP contribution >= 0.6 is 0 Å². The third-order valence-electron chi connectivity index (χ3n) is 1.86. The molecule has 8 nitrogen and oxygen atoms in total. The highest BCUT2D eigenvalue weighted by Gasteiger charge is 2.10. The molecule has 0 unspecified atom stereocenters. The Labute approximate surface area is 94.6 Å². The minimum Gasteiger partial charge on any atom is -0.409 e. The number of carbonyl (C=O) groups excluding carboxylic acids is 1. The van der Waals surface area contributed by atoms with E-state index in [-0.39, 0.29) is 11.4 Å². The molecule has 17 heavy (non-hydrogen) atoms. The van der Waals surface area contributed by atoms with E-state index >= 15 is 0 Å². The molecule has 0 aliphatic carbocycles. The molecule has 86 valence electrons. The Kier molecular flexibility index (Phi) is 2.77. The molecule has 0 fully saturated rings. The smallest absolute Gasteiger partial charge is 0.409 e. The van der Waals surface area contributed by atoms with Crippen molar-refractivity contribution in [1.82, 2.24) is 15.0 Å². The van der Waals surface area contributed by atoms with E-state index < -0.39 is 11.0 Å². The van der Waals surface area contributed by atoms with Gasteiger partial charge in [-0.25, -0.2) is 4.79 Å². The zero-order valence-electron chi connectivity index (χ0n) is 8.39. The van der Waals surface area contributed by atoms with Gasteiger partial charge in [-0.05, 0) is 12.1 Å². The average molecular weight is 234 g/mol. The number of nitro groups is 1. The maximum atomic E-state index is 11.4. The normalized spacial score (nSPS) is 9.88. The predicted molar refractivity (Wildman–Crippen MR) is 54.5 cm³/mol. The number of ether oxygens (including phenoxy) is 1. The third-order valence-corrected chi connectivity index (χ3v) is 1.86. The molecule has 0 aliphatic rings. The Bertz CT molecular complexity index is 535. The molecule has 2 aromatic rings. The number of rotatable bonds is 2. The summed E-state index contributed by atoms with van der Waals surface area (Å²) in [5.41, 5.74) is -0.0782. The van der Waals surface area contributed by atoms with Crippen LogP contribution in [0.2, 0.25) is 0 Å². The van der Waals surface area contributed by atoms with E-state index in [0.29, 0.717) is 0 Å². The minimum absolute atomic E-state index is 0.0782. The van der Waals surface area contributed by atoms with E-state index in [2.05, 4.69) is 10.3 Å². The van der Waals surface area contributed by atoms with Crippen LogP contribution in [0.4, 0.5) is 10.5 Å². The summed E-state index contributed by atoms with van der Waals surface area (Å²) in [5.74, 6) is 0.191. The summed E-state index contributed by atoms with van der Waals surface area (Å²) >= 11 is 0. The molecular weight excluding hydrogens is 228 g/mol. The molecule has 0 N–H and O–H groups in total. The average Bonchev–Trinajstić information content (AvgIpc) is 2.83. The summed E-state index contributed by atoms with van der Waals surface area (Å²) in [6, 6.07) is 5.13. The van der Waals surface area contributed by atoms with Crippen molar-refractivity contribution in [3.63, 3.8) is 0 Å². The van der Waals surface area contributed by atoms with Gasteiger partial charge in [0.15, 0.2) is 0 Å². The molecule has 1 aromatic carbocycles. The Morgan fingerprint density at radius 1 is 1.35 bits per heavy atom. The van der Waals surface area contributed by atoms with Gasteiger partial charge in [-0.1, -0.05) is 5.21 Å². The molecule has 0 atom stereocenters. The Morgan fingerprint density at radius 2 is 2.06 bits per heavy atom. The highest BCUT2D eigenvalue weighted by molar-refractivity contribution is 5.71. The number of benzene rings is 1. The number of aromatic nitrogens is 3. The van der Waals surface area contributed by atoms with Gasteiger partial charge >= 0.3 is 6.09 Å². The van der Waals surface area contributed by atoms with Crippen molar-refractivity contribution in [1.29, 1.82) is 0 Å². The van der Waals surface area contributed by atoms with Crippen LogP contribution in [0, 0.1) is 10.1 Å². The first-order chi connectivity index (χ1) is 8.16. The highest BCUT2D eigenvalue weighted by atomic mass is 16.6. The zero-order chi connectivity index (χ0) is 12.3. The van der Waals surface area contributed by atoms with Gasteiger partial charge in [0.05, 0.1) is 17.3 Å². The summed E-state index contributed by atoms with van der Waals surface area (Å²) in [6.07, 6.45) is 1.92. The first-order valence-corrected chi connectivity index (χ1v) is 4.50. The van der Waals surface area contributed by atoms with E-state index in [1.807, 2.05) is 0 Å². The van der Waals surface area contributed by atoms with Crippen molar-refractivity contribution in [2.24, 2.45) is 0 Å². The van der Waals surface area contributed by atoms with Gasteiger partial charge in [0.1, 0.15) is 5.75 Å². The van der Waals surface area contributed by atoms with Gasteiger partial charge in [-0.3, -0.25) is 10.1 Å². The van der Waals surface area contributed by atoms with Crippen LogP contribution in [0.1, 0.15) is 0 Å². The summed E-state index contributed by atoms with van der Waals surface area (Å²) in [4.78, 5) is 21.3. The highest BCUT2D eigenvalue weighted by Crippen LogP contribution is 2.17. The lowest BCUT2D eigenvalue weighted by Crippen LogP contribution is -2.17. The number of nitro benzene ring substituents is 1. The quantitative estimate of drug-likeness (QED) is 0.572. The number of nitrogens with zero attached hydrogens (tertiary/aromatic N) is 4. The fourth-order valence-electron chi connectivity index (χ4n) is 1.09. The van der Waals surface area contributed by atoms with E-state index in [9.17, 15) is 14.9 Å². The summed E-state index contributed by atoms with van der Waals surface area (Å²) in [5, 5.41) is 17.3. The van der Waals surface area contributed by atoms with Crippen molar-refractivity contribution in [3.05, 3.63) is 46.8 Å².